The predicted octanol–water partition coefficient (Wildman–Crippen LogP) is 1.71. The predicted molar refractivity (Wildman–Crippen MR) is 67.8 cm³/mol. The molecule has 3 unspecified atom stereocenters. The van der Waals surface area contributed by atoms with Crippen molar-refractivity contribution in [3.05, 3.63) is 0 Å². The number of amides is 1. The molecule has 1 saturated heterocycles. The van der Waals surface area contributed by atoms with Gasteiger partial charge in [-0.25, -0.2) is 0 Å². The number of halogens is 1. The van der Waals surface area contributed by atoms with E-state index in [1.54, 1.807) is 0 Å². The molecule has 0 spiro atoms. The molecule has 0 radical (unpaired) electrons. The molecule has 2 aliphatic rings. The standard InChI is InChI=1S/C12H22N2O.ClH/c1-3-12(5-4-6-14-12)11(15)13-8-10-7-9(10)2;/h9-10,14H,3-8H2,1-2H3,(H,13,15);1H. The summed E-state index contributed by atoms with van der Waals surface area (Å²) < 4.78 is 0. The lowest BCUT2D eigenvalue weighted by Gasteiger charge is -2.26. The Labute approximate surface area is 104 Å². The van der Waals surface area contributed by atoms with Gasteiger partial charge in [0.2, 0.25) is 5.91 Å². The van der Waals surface area contributed by atoms with Crippen LogP contribution in [0.25, 0.3) is 0 Å². The molecule has 94 valence electrons. The summed E-state index contributed by atoms with van der Waals surface area (Å²) in [4.78, 5) is 12.1. The maximum absolute atomic E-state index is 12.1. The van der Waals surface area contributed by atoms with Crippen molar-refractivity contribution in [1.82, 2.24) is 10.6 Å². The number of hydrogen-bond donors (Lipinski definition) is 2. The summed E-state index contributed by atoms with van der Waals surface area (Å²) in [6.45, 7) is 6.21. The van der Waals surface area contributed by atoms with Gasteiger partial charge >= 0.3 is 0 Å². The third kappa shape index (κ3) is 2.69. The van der Waals surface area contributed by atoms with E-state index in [2.05, 4.69) is 24.5 Å². The number of nitrogens with one attached hydrogen (secondary N) is 2. The van der Waals surface area contributed by atoms with E-state index in [9.17, 15) is 4.79 Å². The minimum absolute atomic E-state index is 0. The summed E-state index contributed by atoms with van der Waals surface area (Å²) >= 11 is 0. The van der Waals surface area contributed by atoms with E-state index in [4.69, 9.17) is 0 Å². The minimum Gasteiger partial charge on any atom is -0.354 e. The summed E-state index contributed by atoms with van der Waals surface area (Å²) in [5.74, 6) is 1.78. The molecule has 4 heteroatoms. The fraction of sp³-hybridized carbons (Fsp3) is 0.917. The molecule has 1 saturated carbocycles. The molecule has 0 bridgehead atoms. The van der Waals surface area contributed by atoms with Gasteiger partial charge in [-0.1, -0.05) is 13.8 Å². The van der Waals surface area contributed by atoms with Crippen LogP contribution in [-0.2, 0) is 4.79 Å². The van der Waals surface area contributed by atoms with Crippen molar-refractivity contribution < 1.29 is 4.79 Å². The van der Waals surface area contributed by atoms with Crippen LogP contribution in [0.4, 0.5) is 0 Å². The third-order valence-corrected chi connectivity index (χ3v) is 4.08. The molecule has 1 amide bonds. The Hall–Kier alpha value is -0.280. The van der Waals surface area contributed by atoms with E-state index in [1.165, 1.54) is 6.42 Å². The molecule has 3 atom stereocenters. The second kappa shape index (κ2) is 5.37. The van der Waals surface area contributed by atoms with Gasteiger partial charge in [-0.3, -0.25) is 4.79 Å². The van der Waals surface area contributed by atoms with Crippen molar-refractivity contribution in [3.8, 4) is 0 Å². The number of carbonyl (C=O) groups is 1. The summed E-state index contributed by atoms with van der Waals surface area (Å²) in [5.41, 5.74) is -0.252. The molecule has 1 aliphatic heterocycles. The Morgan fingerprint density at radius 1 is 1.56 bits per heavy atom. The van der Waals surface area contributed by atoms with Gasteiger partial charge in [0.15, 0.2) is 0 Å². The van der Waals surface area contributed by atoms with Crippen molar-refractivity contribution in [2.24, 2.45) is 11.8 Å². The summed E-state index contributed by atoms with van der Waals surface area (Å²) in [6.07, 6.45) is 4.31. The summed E-state index contributed by atoms with van der Waals surface area (Å²) in [6, 6.07) is 0. The highest BCUT2D eigenvalue weighted by Crippen LogP contribution is 2.37. The van der Waals surface area contributed by atoms with Crippen molar-refractivity contribution in [2.45, 2.75) is 45.1 Å². The van der Waals surface area contributed by atoms with Crippen molar-refractivity contribution in [3.63, 3.8) is 0 Å². The van der Waals surface area contributed by atoms with E-state index < -0.39 is 0 Å². The third-order valence-electron chi connectivity index (χ3n) is 4.08. The molecule has 0 aromatic carbocycles. The first-order valence-corrected chi connectivity index (χ1v) is 6.21. The van der Waals surface area contributed by atoms with E-state index in [0.29, 0.717) is 0 Å². The molecule has 0 aromatic heterocycles. The van der Waals surface area contributed by atoms with Gasteiger partial charge in [0.25, 0.3) is 0 Å². The van der Waals surface area contributed by atoms with Crippen LogP contribution in [0.5, 0.6) is 0 Å². The molecular formula is C12H23ClN2O. The molecule has 2 fully saturated rings. The first-order valence-electron chi connectivity index (χ1n) is 6.21. The first kappa shape index (κ1) is 13.8. The average Bonchev–Trinajstić information content (AvgIpc) is 2.78. The highest BCUT2D eigenvalue weighted by molar-refractivity contribution is 5.86. The van der Waals surface area contributed by atoms with Crippen molar-refractivity contribution in [1.29, 1.82) is 0 Å². The lowest BCUT2D eigenvalue weighted by molar-refractivity contribution is -0.127. The van der Waals surface area contributed by atoms with Crippen LogP contribution >= 0.6 is 12.4 Å². The quantitative estimate of drug-likeness (QED) is 0.793. The van der Waals surface area contributed by atoms with E-state index in [0.717, 1.165) is 44.2 Å². The smallest absolute Gasteiger partial charge is 0.240 e. The molecular weight excluding hydrogens is 224 g/mol. The zero-order valence-electron chi connectivity index (χ0n) is 10.2. The Morgan fingerprint density at radius 2 is 2.25 bits per heavy atom. The van der Waals surface area contributed by atoms with E-state index in [1.807, 2.05) is 0 Å². The van der Waals surface area contributed by atoms with Crippen molar-refractivity contribution in [2.75, 3.05) is 13.1 Å². The molecule has 1 heterocycles. The fourth-order valence-electron chi connectivity index (χ4n) is 2.54. The Balaban J connectivity index is 0.00000128. The maximum Gasteiger partial charge on any atom is 0.240 e. The Kier molecular flexibility index (Phi) is 4.62. The van der Waals surface area contributed by atoms with Crippen LogP contribution in [0.1, 0.15) is 39.5 Å². The van der Waals surface area contributed by atoms with Crippen LogP contribution in [0.15, 0.2) is 0 Å². The van der Waals surface area contributed by atoms with Crippen LogP contribution in [0.2, 0.25) is 0 Å². The molecule has 0 aromatic rings. The van der Waals surface area contributed by atoms with Gasteiger partial charge in [-0.2, -0.15) is 0 Å². The molecule has 3 nitrogen and oxygen atoms in total. The number of hydrogen-bond acceptors (Lipinski definition) is 2. The Morgan fingerprint density at radius 3 is 2.69 bits per heavy atom. The second-order valence-corrected chi connectivity index (χ2v) is 5.15. The maximum atomic E-state index is 12.1. The van der Waals surface area contributed by atoms with Crippen molar-refractivity contribution >= 4 is 18.3 Å². The largest absolute Gasteiger partial charge is 0.354 e. The lowest BCUT2D eigenvalue weighted by atomic mass is 9.93. The zero-order chi connectivity index (χ0) is 10.9. The van der Waals surface area contributed by atoms with Gasteiger partial charge < -0.3 is 10.6 Å². The molecule has 2 N–H and O–H groups in total. The van der Waals surface area contributed by atoms with Gasteiger partial charge in [0.1, 0.15) is 0 Å². The van der Waals surface area contributed by atoms with Crippen LogP contribution in [0.3, 0.4) is 0 Å². The number of rotatable bonds is 4. The minimum atomic E-state index is -0.252. The van der Waals surface area contributed by atoms with E-state index >= 15 is 0 Å². The normalized spacial score (nSPS) is 36.6. The second-order valence-electron chi connectivity index (χ2n) is 5.15. The van der Waals surface area contributed by atoms with Crippen LogP contribution in [-0.4, -0.2) is 24.5 Å². The van der Waals surface area contributed by atoms with Gasteiger partial charge in [0.05, 0.1) is 5.54 Å². The Bertz CT molecular complexity index is 251. The van der Waals surface area contributed by atoms with E-state index in [-0.39, 0.29) is 23.9 Å². The molecule has 2 rings (SSSR count). The van der Waals surface area contributed by atoms with Gasteiger partial charge in [-0.05, 0) is 44.1 Å². The number of carbonyl (C=O) groups excluding carboxylic acids is 1. The van der Waals surface area contributed by atoms with Gasteiger partial charge in [0, 0.05) is 6.54 Å². The molecule has 1 aliphatic carbocycles. The van der Waals surface area contributed by atoms with Crippen LogP contribution in [0, 0.1) is 11.8 Å². The summed E-state index contributed by atoms with van der Waals surface area (Å²) in [7, 11) is 0. The highest BCUT2D eigenvalue weighted by atomic mass is 35.5. The fourth-order valence-corrected chi connectivity index (χ4v) is 2.54. The summed E-state index contributed by atoms with van der Waals surface area (Å²) in [5, 5.41) is 6.47. The zero-order valence-corrected chi connectivity index (χ0v) is 11.0. The average molecular weight is 247 g/mol. The topological polar surface area (TPSA) is 41.1 Å². The SMILES string of the molecule is CCC1(C(=O)NCC2CC2C)CCCN1.Cl. The first-order chi connectivity index (χ1) is 7.18. The monoisotopic (exact) mass is 246 g/mol. The highest BCUT2D eigenvalue weighted by Gasteiger charge is 2.40. The lowest BCUT2D eigenvalue weighted by Crippen LogP contribution is -2.53. The molecule has 16 heavy (non-hydrogen) atoms. The van der Waals surface area contributed by atoms with Crippen LogP contribution < -0.4 is 10.6 Å². The van der Waals surface area contributed by atoms with Gasteiger partial charge in [-0.15, -0.1) is 12.4 Å².